The molecule has 2 heterocycles. The van der Waals surface area contributed by atoms with Crippen molar-refractivity contribution in [2.45, 2.75) is 6.92 Å². The maximum absolute atomic E-state index is 12.7. The summed E-state index contributed by atoms with van der Waals surface area (Å²) in [5, 5.41) is 4.10. The summed E-state index contributed by atoms with van der Waals surface area (Å²) >= 11 is 0. The Morgan fingerprint density at radius 2 is 1.80 bits per heavy atom. The molecular formula is C26H28N4O5. The first-order valence-corrected chi connectivity index (χ1v) is 11.5. The van der Waals surface area contributed by atoms with Crippen molar-refractivity contribution in [3.05, 3.63) is 78.1 Å². The number of hydrogen-bond acceptors (Lipinski definition) is 6. The summed E-state index contributed by atoms with van der Waals surface area (Å²) in [6.45, 7) is 4.43. The lowest BCUT2D eigenvalue weighted by molar-refractivity contribution is -0.137. The molecule has 4 rings (SSSR count). The van der Waals surface area contributed by atoms with Gasteiger partial charge in [-0.15, -0.1) is 0 Å². The summed E-state index contributed by atoms with van der Waals surface area (Å²) in [6, 6.07) is 16.4. The van der Waals surface area contributed by atoms with Crippen LogP contribution in [0.2, 0.25) is 0 Å². The minimum absolute atomic E-state index is 0.0790. The van der Waals surface area contributed by atoms with Gasteiger partial charge >= 0.3 is 0 Å². The maximum Gasteiger partial charge on any atom is 0.273 e. The lowest BCUT2D eigenvalue weighted by Crippen LogP contribution is -2.43. The molecule has 0 spiro atoms. The van der Waals surface area contributed by atoms with Crippen LogP contribution in [0, 0.1) is 0 Å². The molecule has 0 bridgehead atoms. The van der Waals surface area contributed by atoms with Crippen molar-refractivity contribution in [1.29, 1.82) is 0 Å². The number of carbonyl (C=O) groups is 2. The Labute approximate surface area is 203 Å². The molecule has 0 radical (unpaired) electrons. The molecule has 0 aliphatic carbocycles. The number of rotatable bonds is 9. The normalized spacial score (nSPS) is 13.6. The third kappa shape index (κ3) is 6.27. The summed E-state index contributed by atoms with van der Waals surface area (Å²) in [5.74, 6) is 0.548. The van der Waals surface area contributed by atoms with E-state index in [1.807, 2.05) is 54.2 Å². The predicted octanol–water partition coefficient (Wildman–Crippen LogP) is 2.88. The number of ether oxygens (including phenoxy) is 3. The lowest BCUT2D eigenvalue weighted by Gasteiger charge is -2.26. The van der Waals surface area contributed by atoms with Gasteiger partial charge in [0.2, 0.25) is 0 Å². The predicted molar refractivity (Wildman–Crippen MR) is 131 cm³/mol. The summed E-state index contributed by atoms with van der Waals surface area (Å²) in [7, 11) is 0. The van der Waals surface area contributed by atoms with Crippen LogP contribution >= 0.6 is 0 Å². The molecule has 35 heavy (non-hydrogen) atoms. The van der Waals surface area contributed by atoms with Gasteiger partial charge in [0.1, 0.15) is 0 Å². The Morgan fingerprint density at radius 1 is 1.03 bits per heavy atom. The molecule has 1 N–H and O–H groups in total. The van der Waals surface area contributed by atoms with Gasteiger partial charge in [-0.3, -0.25) is 9.59 Å². The van der Waals surface area contributed by atoms with Gasteiger partial charge in [-0.2, -0.15) is 5.10 Å². The number of nitrogens with one attached hydrogen (secondary N) is 1. The smallest absolute Gasteiger partial charge is 0.273 e. The Morgan fingerprint density at radius 3 is 2.57 bits per heavy atom. The molecule has 0 atom stereocenters. The molecule has 1 aliphatic rings. The quantitative estimate of drug-likeness (QED) is 0.379. The lowest BCUT2D eigenvalue weighted by atomic mass is 10.1. The van der Waals surface area contributed by atoms with E-state index in [1.165, 1.54) is 6.21 Å². The van der Waals surface area contributed by atoms with Crippen molar-refractivity contribution in [2.75, 3.05) is 39.5 Å². The van der Waals surface area contributed by atoms with E-state index in [2.05, 4.69) is 10.5 Å². The van der Waals surface area contributed by atoms with Crippen molar-refractivity contribution in [3.8, 4) is 17.2 Å². The van der Waals surface area contributed by atoms with Gasteiger partial charge in [0.15, 0.2) is 18.1 Å². The monoisotopic (exact) mass is 476 g/mol. The average Bonchev–Trinajstić information content (AvgIpc) is 3.44. The highest BCUT2D eigenvalue weighted by atomic mass is 16.5. The fourth-order valence-corrected chi connectivity index (χ4v) is 3.65. The first kappa shape index (κ1) is 24.0. The largest absolute Gasteiger partial charge is 0.490 e. The van der Waals surface area contributed by atoms with E-state index in [0.717, 1.165) is 5.69 Å². The van der Waals surface area contributed by atoms with Crippen molar-refractivity contribution >= 4 is 18.0 Å². The number of benzene rings is 2. The molecule has 1 saturated heterocycles. The van der Waals surface area contributed by atoms with Gasteiger partial charge in [-0.1, -0.05) is 12.1 Å². The third-order valence-corrected chi connectivity index (χ3v) is 5.39. The molecule has 9 heteroatoms. The first-order valence-electron chi connectivity index (χ1n) is 11.5. The fourth-order valence-electron chi connectivity index (χ4n) is 3.65. The van der Waals surface area contributed by atoms with Crippen molar-refractivity contribution in [3.63, 3.8) is 0 Å². The molecule has 3 aromatic rings. The summed E-state index contributed by atoms with van der Waals surface area (Å²) < 4.78 is 18.6. The molecule has 9 nitrogen and oxygen atoms in total. The first-order chi connectivity index (χ1) is 17.2. The molecule has 1 aliphatic heterocycles. The van der Waals surface area contributed by atoms with Gasteiger partial charge in [0.25, 0.3) is 11.8 Å². The van der Waals surface area contributed by atoms with Crippen LogP contribution in [0.15, 0.2) is 72.1 Å². The number of morpholine rings is 1. The van der Waals surface area contributed by atoms with Crippen LogP contribution in [0.4, 0.5) is 0 Å². The number of hydrazone groups is 1. The van der Waals surface area contributed by atoms with Crippen LogP contribution in [0.25, 0.3) is 5.69 Å². The van der Waals surface area contributed by atoms with Gasteiger partial charge < -0.3 is 23.7 Å². The van der Waals surface area contributed by atoms with Crippen LogP contribution in [0.3, 0.4) is 0 Å². The second-order valence-corrected chi connectivity index (χ2v) is 7.73. The highest BCUT2D eigenvalue weighted by molar-refractivity contribution is 5.98. The zero-order valence-corrected chi connectivity index (χ0v) is 19.6. The highest BCUT2D eigenvalue weighted by Gasteiger charge is 2.18. The minimum Gasteiger partial charge on any atom is -0.490 e. The number of hydrogen-bond donors (Lipinski definition) is 1. The molecule has 1 aromatic heterocycles. The third-order valence-electron chi connectivity index (χ3n) is 5.39. The minimum atomic E-state index is -0.322. The number of nitrogens with zero attached hydrogens (tertiary/aromatic N) is 3. The topological polar surface area (TPSA) is 94.4 Å². The van der Waals surface area contributed by atoms with E-state index >= 15 is 0 Å². The standard InChI is InChI=1S/C26H28N4O5/c1-2-34-24-17-20(9-10-23(24)35-19-25(31)30-13-15-33-16-14-30)18-27-28-26(32)21-7-3-4-8-22(21)29-11-5-6-12-29/h3-12,17-18H,2,13-16,19H2,1H3,(H,28,32)/b27-18-. The van der Waals surface area contributed by atoms with Crippen LogP contribution in [0.5, 0.6) is 11.5 Å². The Bertz CT molecular complexity index is 1170. The van der Waals surface area contributed by atoms with E-state index in [-0.39, 0.29) is 18.4 Å². The average molecular weight is 477 g/mol. The van der Waals surface area contributed by atoms with Crippen molar-refractivity contribution in [2.24, 2.45) is 5.10 Å². The zero-order valence-electron chi connectivity index (χ0n) is 19.6. The van der Waals surface area contributed by atoms with E-state index in [9.17, 15) is 9.59 Å². The van der Waals surface area contributed by atoms with Gasteiger partial charge in [0, 0.05) is 25.5 Å². The molecule has 2 amide bonds. The van der Waals surface area contributed by atoms with Gasteiger partial charge in [-0.25, -0.2) is 5.43 Å². The van der Waals surface area contributed by atoms with Gasteiger partial charge in [0.05, 0.1) is 37.3 Å². The van der Waals surface area contributed by atoms with E-state index in [4.69, 9.17) is 14.2 Å². The molecule has 182 valence electrons. The van der Waals surface area contributed by atoms with E-state index in [1.54, 1.807) is 29.2 Å². The second-order valence-electron chi connectivity index (χ2n) is 7.73. The van der Waals surface area contributed by atoms with Crippen LogP contribution in [-0.4, -0.2) is 67.0 Å². The number of para-hydroxylation sites is 1. The Kier molecular flexibility index (Phi) is 8.13. The molecule has 2 aromatic carbocycles. The van der Waals surface area contributed by atoms with Gasteiger partial charge in [-0.05, 0) is 55.0 Å². The molecule has 0 saturated carbocycles. The van der Waals surface area contributed by atoms with Crippen LogP contribution in [-0.2, 0) is 9.53 Å². The van der Waals surface area contributed by atoms with Crippen LogP contribution < -0.4 is 14.9 Å². The number of amides is 2. The van der Waals surface area contributed by atoms with Crippen molar-refractivity contribution < 1.29 is 23.8 Å². The highest BCUT2D eigenvalue weighted by Crippen LogP contribution is 2.28. The molecule has 0 unspecified atom stereocenters. The van der Waals surface area contributed by atoms with Crippen molar-refractivity contribution in [1.82, 2.24) is 14.9 Å². The molecular weight excluding hydrogens is 448 g/mol. The van der Waals surface area contributed by atoms with Crippen LogP contribution in [0.1, 0.15) is 22.8 Å². The Hall–Kier alpha value is -4.11. The zero-order chi connectivity index (χ0) is 24.5. The Balaban J connectivity index is 1.39. The number of aromatic nitrogens is 1. The maximum atomic E-state index is 12.7. The summed E-state index contributed by atoms with van der Waals surface area (Å²) in [6.07, 6.45) is 5.28. The molecule has 1 fully saturated rings. The fraction of sp³-hybridized carbons (Fsp3) is 0.269. The summed E-state index contributed by atoms with van der Waals surface area (Å²) in [4.78, 5) is 26.8. The SMILES string of the molecule is CCOc1cc(/C=N\NC(=O)c2ccccc2-n2cccc2)ccc1OCC(=O)N1CCOCC1. The second kappa shape index (κ2) is 11.8. The van der Waals surface area contributed by atoms with E-state index < -0.39 is 0 Å². The summed E-state index contributed by atoms with van der Waals surface area (Å²) in [5.41, 5.74) is 4.55. The number of carbonyl (C=O) groups excluding carboxylic acids is 2. The van der Waals surface area contributed by atoms with E-state index in [0.29, 0.717) is 55.5 Å².